The highest BCUT2D eigenvalue weighted by molar-refractivity contribution is 5.79. The second-order valence-electron chi connectivity index (χ2n) is 7.50. The number of rotatable bonds is 1. The van der Waals surface area contributed by atoms with Crippen LogP contribution in [0.3, 0.4) is 0 Å². The van der Waals surface area contributed by atoms with Gasteiger partial charge in [0, 0.05) is 13.3 Å². The number of nitrogens with zero attached hydrogens (tertiary/aromatic N) is 1. The topological polar surface area (TPSA) is 49.4 Å². The SMILES string of the molecule is CC(=O)N1[C@H]2CCCCC(=O)N[C@@]2(C)C[C@H]1c1cccc(C(F)(F)F)c1. The molecule has 0 aliphatic carbocycles. The molecule has 0 saturated carbocycles. The molecule has 0 aromatic heterocycles. The molecule has 2 saturated heterocycles. The molecule has 2 amide bonds. The van der Waals surface area contributed by atoms with E-state index in [1.807, 2.05) is 6.92 Å². The normalized spacial score (nSPS) is 29.6. The number of fused-ring (bicyclic) bond motifs is 1. The van der Waals surface area contributed by atoms with Crippen molar-refractivity contribution in [3.8, 4) is 0 Å². The second kappa shape index (κ2) is 6.59. The Balaban J connectivity index is 2.01. The molecule has 0 radical (unpaired) electrons. The predicted molar refractivity (Wildman–Crippen MR) is 90.1 cm³/mol. The van der Waals surface area contributed by atoms with Gasteiger partial charge in [-0.25, -0.2) is 0 Å². The second-order valence-corrected chi connectivity index (χ2v) is 7.50. The first kappa shape index (κ1) is 18.7. The molecular weight excluding hydrogens is 345 g/mol. The van der Waals surface area contributed by atoms with E-state index in [0.29, 0.717) is 18.4 Å². The maximum absolute atomic E-state index is 13.1. The quantitative estimate of drug-likeness (QED) is 0.819. The van der Waals surface area contributed by atoms with E-state index in [1.165, 1.54) is 13.0 Å². The average Bonchev–Trinajstić information content (AvgIpc) is 2.81. The first-order valence-corrected chi connectivity index (χ1v) is 8.89. The van der Waals surface area contributed by atoms with Gasteiger partial charge in [0.05, 0.1) is 23.2 Å². The van der Waals surface area contributed by atoms with Gasteiger partial charge in [-0.3, -0.25) is 9.59 Å². The molecule has 2 heterocycles. The largest absolute Gasteiger partial charge is 0.416 e. The summed E-state index contributed by atoms with van der Waals surface area (Å²) in [7, 11) is 0. The lowest BCUT2D eigenvalue weighted by atomic mass is 9.85. The van der Waals surface area contributed by atoms with Gasteiger partial charge in [-0.15, -0.1) is 0 Å². The standard InChI is InChI=1S/C19H23F3N2O2/c1-12(25)24-15(13-6-5-7-14(10-13)19(20,21)22)11-18(2)16(24)8-3-4-9-17(26)23-18/h5-7,10,15-16H,3-4,8-9,11H2,1-2H3,(H,23,26)/t15-,16-,18-/m0/s1. The number of carbonyl (C=O) groups is 2. The number of nitrogens with one attached hydrogen (secondary N) is 1. The van der Waals surface area contributed by atoms with Crippen LogP contribution in [0.25, 0.3) is 0 Å². The van der Waals surface area contributed by atoms with Crippen LogP contribution in [0, 0.1) is 0 Å². The number of hydrogen-bond acceptors (Lipinski definition) is 2. The van der Waals surface area contributed by atoms with Gasteiger partial charge < -0.3 is 10.2 Å². The van der Waals surface area contributed by atoms with E-state index in [9.17, 15) is 22.8 Å². The Hall–Kier alpha value is -2.05. The summed E-state index contributed by atoms with van der Waals surface area (Å²) in [5, 5.41) is 3.03. The molecule has 2 aliphatic rings. The highest BCUT2D eigenvalue weighted by Gasteiger charge is 2.51. The number of hydrogen-bond donors (Lipinski definition) is 1. The fourth-order valence-electron chi connectivity index (χ4n) is 4.40. The summed E-state index contributed by atoms with van der Waals surface area (Å²) in [6.07, 6.45) is -1.30. The molecule has 0 bridgehead atoms. The van der Waals surface area contributed by atoms with Gasteiger partial charge in [0.1, 0.15) is 0 Å². The molecule has 3 atom stereocenters. The van der Waals surface area contributed by atoms with Gasteiger partial charge in [-0.2, -0.15) is 13.2 Å². The third kappa shape index (κ3) is 3.44. The van der Waals surface area contributed by atoms with Crippen molar-refractivity contribution in [3.05, 3.63) is 35.4 Å². The first-order chi connectivity index (χ1) is 12.1. The summed E-state index contributed by atoms with van der Waals surface area (Å²) >= 11 is 0. The Bertz CT molecular complexity index is 719. The zero-order chi connectivity index (χ0) is 19.1. The van der Waals surface area contributed by atoms with Crippen molar-refractivity contribution in [1.82, 2.24) is 10.2 Å². The van der Waals surface area contributed by atoms with Gasteiger partial charge in [0.15, 0.2) is 0 Å². The third-order valence-corrected chi connectivity index (χ3v) is 5.54. The number of amides is 2. The van der Waals surface area contributed by atoms with Crippen molar-refractivity contribution >= 4 is 11.8 Å². The molecule has 0 spiro atoms. The number of benzene rings is 1. The van der Waals surface area contributed by atoms with E-state index >= 15 is 0 Å². The first-order valence-electron chi connectivity index (χ1n) is 8.89. The lowest BCUT2D eigenvalue weighted by Gasteiger charge is -2.37. The molecule has 3 rings (SSSR count). The smallest absolute Gasteiger partial charge is 0.349 e. The Morgan fingerprint density at radius 3 is 2.69 bits per heavy atom. The van der Waals surface area contributed by atoms with Gasteiger partial charge in [0.2, 0.25) is 11.8 Å². The molecule has 2 fully saturated rings. The number of halogens is 3. The van der Waals surface area contributed by atoms with Crippen molar-refractivity contribution in [3.63, 3.8) is 0 Å². The minimum absolute atomic E-state index is 0.0644. The van der Waals surface area contributed by atoms with E-state index in [0.717, 1.165) is 31.4 Å². The molecule has 1 aromatic carbocycles. The zero-order valence-corrected chi connectivity index (χ0v) is 14.9. The Morgan fingerprint density at radius 1 is 1.31 bits per heavy atom. The summed E-state index contributed by atoms with van der Waals surface area (Å²) in [5.74, 6) is -0.249. The van der Waals surface area contributed by atoms with Crippen LogP contribution >= 0.6 is 0 Å². The van der Waals surface area contributed by atoms with Crippen LogP contribution < -0.4 is 5.32 Å². The van der Waals surface area contributed by atoms with Crippen LogP contribution in [0.2, 0.25) is 0 Å². The molecule has 1 aromatic rings. The van der Waals surface area contributed by atoms with Crippen LogP contribution in [0.1, 0.15) is 63.1 Å². The van der Waals surface area contributed by atoms with E-state index < -0.39 is 23.3 Å². The molecular formula is C19H23F3N2O2. The molecule has 0 unspecified atom stereocenters. The Labute approximate surface area is 150 Å². The maximum atomic E-state index is 13.1. The van der Waals surface area contributed by atoms with E-state index in [2.05, 4.69) is 5.32 Å². The highest BCUT2D eigenvalue weighted by atomic mass is 19.4. The monoisotopic (exact) mass is 368 g/mol. The molecule has 26 heavy (non-hydrogen) atoms. The van der Waals surface area contributed by atoms with Crippen molar-refractivity contribution in [2.45, 2.75) is 69.8 Å². The number of likely N-dealkylation sites (tertiary alicyclic amines) is 1. The molecule has 7 heteroatoms. The van der Waals surface area contributed by atoms with Crippen LogP contribution in [0.5, 0.6) is 0 Å². The lowest BCUT2D eigenvalue weighted by Crippen LogP contribution is -2.56. The van der Waals surface area contributed by atoms with Crippen LogP contribution in [0.15, 0.2) is 24.3 Å². The van der Waals surface area contributed by atoms with E-state index in [1.54, 1.807) is 11.0 Å². The average molecular weight is 368 g/mol. The summed E-state index contributed by atoms with van der Waals surface area (Å²) in [4.78, 5) is 26.2. The van der Waals surface area contributed by atoms with Gasteiger partial charge in [0.25, 0.3) is 0 Å². The summed E-state index contributed by atoms with van der Waals surface area (Å²) in [6.45, 7) is 3.33. The van der Waals surface area contributed by atoms with Gasteiger partial charge in [-0.1, -0.05) is 18.6 Å². The predicted octanol–water partition coefficient (Wildman–Crippen LogP) is 3.82. The third-order valence-electron chi connectivity index (χ3n) is 5.54. The van der Waals surface area contributed by atoms with E-state index in [4.69, 9.17) is 0 Å². The molecule has 1 N–H and O–H groups in total. The lowest BCUT2D eigenvalue weighted by molar-refractivity contribution is -0.137. The van der Waals surface area contributed by atoms with E-state index in [-0.39, 0.29) is 17.9 Å². The minimum atomic E-state index is -4.44. The Kier molecular flexibility index (Phi) is 4.75. The van der Waals surface area contributed by atoms with Gasteiger partial charge >= 0.3 is 6.18 Å². The van der Waals surface area contributed by atoms with Crippen molar-refractivity contribution in [2.75, 3.05) is 0 Å². The van der Waals surface area contributed by atoms with Crippen LogP contribution in [0.4, 0.5) is 13.2 Å². The maximum Gasteiger partial charge on any atom is 0.416 e. The van der Waals surface area contributed by atoms with Crippen LogP contribution in [-0.4, -0.2) is 28.3 Å². The minimum Gasteiger partial charge on any atom is -0.349 e. The summed E-state index contributed by atoms with van der Waals surface area (Å²) in [5.41, 5.74) is -0.906. The Morgan fingerprint density at radius 2 is 2.04 bits per heavy atom. The fourth-order valence-corrected chi connectivity index (χ4v) is 4.40. The van der Waals surface area contributed by atoms with Crippen molar-refractivity contribution in [1.29, 1.82) is 0 Å². The van der Waals surface area contributed by atoms with Gasteiger partial charge in [-0.05, 0) is 43.9 Å². The molecule has 2 aliphatic heterocycles. The fraction of sp³-hybridized carbons (Fsp3) is 0.579. The molecule has 4 nitrogen and oxygen atoms in total. The number of alkyl halides is 3. The molecule has 142 valence electrons. The summed E-state index contributed by atoms with van der Waals surface area (Å²) in [6, 6.07) is 4.44. The van der Waals surface area contributed by atoms with Crippen LogP contribution in [-0.2, 0) is 15.8 Å². The number of carbonyl (C=O) groups excluding carboxylic acids is 2. The zero-order valence-electron chi connectivity index (χ0n) is 14.9. The van der Waals surface area contributed by atoms with Crippen molar-refractivity contribution in [2.24, 2.45) is 0 Å². The highest BCUT2D eigenvalue weighted by Crippen LogP contribution is 2.45. The summed E-state index contributed by atoms with van der Waals surface area (Å²) < 4.78 is 39.3. The van der Waals surface area contributed by atoms with Crippen molar-refractivity contribution < 1.29 is 22.8 Å².